The lowest BCUT2D eigenvalue weighted by molar-refractivity contribution is 0.0270. The van der Waals surface area contributed by atoms with Crippen molar-refractivity contribution < 1.29 is 31.9 Å². The van der Waals surface area contributed by atoms with Crippen molar-refractivity contribution in [1.82, 2.24) is 14.8 Å². The van der Waals surface area contributed by atoms with Gasteiger partial charge in [-0.15, -0.1) is 0 Å². The van der Waals surface area contributed by atoms with Gasteiger partial charge in [0.05, 0.1) is 47.4 Å². The average Bonchev–Trinajstić information content (AvgIpc) is 3.73. The van der Waals surface area contributed by atoms with Crippen LogP contribution in [0.1, 0.15) is 28.9 Å². The van der Waals surface area contributed by atoms with Gasteiger partial charge < -0.3 is 10.4 Å². The van der Waals surface area contributed by atoms with E-state index in [0.29, 0.717) is 5.69 Å². The number of nitrogens with one attached hydrogen (secondary N) is 2. The number of carbonyl (C=O) groups is 1. The van der Waals surface area contributed by atoms with Crippen LogP contribution in [0.5, 0.6) is 0 Å². The summed E-state index contributed by atoms with van der Waals surface area (Å²) in [5, 5.41) is 12.3. The second-order valence-corrected chi connectivity index (χ2v) is 12.3. The van der Waals surface area contributed by atoms with Crippen molar-refractivity contribution in [3.63, 3.8) is 0 Å². The molecular weight excluding hydrogens is 669 g/mol. The zero-order chi connectivity index (χ0) is 28.2. The number of hydroxylamine groups is 1. The minimum absolute atomic E-state index is 0.163. The van der Waals surface area contributed by atoms with Crippen LogP contribution in [-0.2, 0) is 21.4 Å². The Labute approximate surface area is 242 Å². The van der Waals surface area contributed by atoms with Crippen LogP contribution in [0.2, 0.25) is 5.02 Å². The summed E-state index contributed by atoms with van der Waals surface area (Å²) in [4.78, 5) is 21.3. The molecule has 0 bridgehead atoms. The van der Waals surface area contributed by atoms with Crippen LogP contribution in [0.3, 0.4) is 0 Å². The molecular formula is C25H24ClF2IN4O5S. The molecule has 1 saturated carbocycles. The van der Waals surface area contributed by atoms with E-state index in [0.717, 1.165) is 26.8 Å². The van der Waals surface area contributed by atoms with Gasteiger partial charge in [0.1, 0.15) is 4.90 Å². The van der Waals surface area contributed by atoms with Gasteiger partial charge in [-0.05, 0) is 77.7 Å². The number of pyridine rings is 1. The molecule has 3 aromatic rings. The van der Waals surface area contributed by atoms with E-state index in [1.54, 1.807) is 30.3 Å². The molecule has 1 fully saturated rings. The lowest BCUT2D eigenvalue weighted by Gasteiger charge is -2.23. The molecule has 1 amide bonds. The largest absolute Gasteiger partial charge is 0.395 e. The van der Waals surface area contributed by atoms with Crippen LogP contribution in [-0.4, -0.2) is 48.5 Å². The van der Waals surface area contributed by atoms with Crippen LogP contribution in [0, 0.1) is 21.1 Å². The Morgan fingerprint density at radius 2 is 1.97 bits per heavy atom. The summed E-state index contributed by atoms with van der Waals surface area (Å²) in [7, 11) is -4.76. The second-order valence-electron chi connectivity index (χ2n) is 8.74. The van der Waals surface area contributed by atoms with Gasteiger partial charge in [0.25, 0.3) is 5.91 Å². The quantitative estimate of drug-likeness (QED) is 0.187. The first kappa shape index (κ1) is 29.6. The van der Waals surface area contributed by atoms with Gasteiger partial charge in [0.15, 0.2) is 11.6 Å². The molecule has 208 valence electrons. The first-order valence-corrected chi connectivity index (χ1v) is 14.7. The number of hydrogen-bond donors (Lipinski definition) is 3. The summed E-state index contributed by atoms with van der Waals surface area (Å²) in [5.41, 5.74) is 1.50. The Morgan fingerprint density at radius 1 is 1.21 bits per heavy atom. The fourth-order valence-corrected chi connectivity index (χ4v) is 5.98. The number of aliphatic hydroxyl groups is 1. The van der Waals surface area contributed by atoms with Gasteiger partial charge >= 0.3 is 0 Å². The van der Waals surface area contributed by atoms with Gasteiger partial charge in [0.2, 0.25) is 10.0 Å². The number of sulfonamides is 1. The molecule has 1 aliphatic carbocycles. The maximum Gasteiger partial charge on any atom is 0.277 e. The number of amides is 1. The number of anilines is 2. The Morgan fingerprint density at radius 3 is 2.62 bits per heavy atom. The molecule has 1 heterocycles. The minimum atomic E-state index is -4.76. The third kappa shape index (κ3) is 7.21. The average molecular weight is 693 g/mol. The van der Waals surface area contributed by atoms with E-state index in [4.69, 9.17) is 16.4 Å². The Kier molecular flexibility index (Phi) is 9.72. The first-order chi connectivity index (χ1) is 18.6. The summed E-state index contributed by atoms with van der Waals surface area (Å²) in [5.74, 6) is -4.03. The number of carbonyl (C=O) groups excluding carboxylic acids is 1. The number of hydrogen-bond acceptors (Lipinski definition) is 7. The lowest BCUT2D eigenvalue weighted by Crippen LogP contribution is -2.34. The molecule has 0 spiro atoms. The predicted molar refractivity (Wildman–Crippen MR) is 149 cm³/mol. The van der Waals surface area contributed by atoms with Crippen LogP contribution >= 0.6 is 34.2 Å². The van der Waals surface area contributed by atoms with Crippen molar-refractivity contribution in [2.24, 2.45) is 5.92 Å². The van der Waals surface area contributed by atoms with E-state index in [1.807, 2.05) is 22.6 Å². The Hall–Kier alpha value is -2.43. The minimum Gasteiger partial charge on any atom is -0.395 e. The van der Waals surface area contributed by atoms with Gasteiger partial charge in [-0.1, -0.05) is 17.7 Å². The Bertz CT molecular complexity index is 1460. The first-order valence-electron chi connectivity index (χ1n) is 11.8. The number of halogens is 4. The molecule has 0 atom stereocenters. The Balaban J connectivity index is 1.77. The highest BCUT2D eigenvalue weighted by Gasteiger charge is 2.34. The summed E-state index contributed by atoms with van der Waals surface area (Å²) >= 11 is 8.27. The predicted octanol–water partition coefficient (Wildman–Crippen LogP) is 4.62. The van der Waals surface area contributed by atoms with Crippen molar-refractivity contribution in [2.75, 3.05) is 25.1 Å². The van der Waals surface area contributed by atoms with Crippen LogP contribution in [0.15, 0.2) is 53.6 Å². The smallest absolute Gasteiger partial charge is 0.277 e. The van der Waals surface area contributed by atoms with E-state index in [1.165, 1.54) is 12.3 Å². The highest BCUT2D eigenvalue weighted by atomic mass is 127. The summed E-state index contributed by atoms with van der Waals surface area (Å²) < 4.78 is 59.7. The molecule has 2 aromatic carbocycles. The molecule has 0 radical (unpaired) electrons. The fraction of sp³-hybridized carbons (Fsp3) is 0.280. The van der Waals surface area contributed by atoms with E-state index >= 15 is 8.78 Å². The number of aromatic nitrogens is 1. The standard InChI is InChI=1S/C25H24ClF2IN4O5S/c26-19-11-16(29)6-7-20(19)31-24-18(25(35)32-38-14-15-4-5-15)12-21(22(27)23(24)28)39(36,37)33(9-10-34)13-17-3-1-2-8-30-17/h1-3,6-8,11-12,15,31,34H,4-5,9-10,13-14H2,(H,32,35). The number of aliphatic hydroxyl groups excluding tert-OH is 1. The van der Waals surface area contributed by atoms with Crippen LogP contribution < -0.4 is 10.8 Å². The maximum atomic E-state index is 15.6. The van der Waals surface area contributed by atoms with E-state index in [-0.39, 0.29) is 29.8 Å². The number of nitrogens with zero attached hydrogens (tertiary/aromatic N) is 2. The summed E-state index contributed by atoms with van der Waals surface area (Å²) in [6, 6.07) is 10.3. The molecule has 3 N–H and O–H groups in total. The number of rotatable bonds is 12. The third-order valence-electron chi connectivity index (χ3n) is 5.82. The molecule has 1 aliphatic rings. The second kappa shape index (κ2) is 12.8. The van der Waals surface area contributed by atoms with Crippen molar-refractivity contribution in [2.45, 2.75) is 24.3 Å². The van der Waals surface area contributed by atoms with Crippen molar-refractivity contribution in [3.05, 3.63) is 80.1 Å². The van der Waals surface area contributed by atoms with E-state index < -0.39 is 56.9 Å². The third-order valence-corrected chi connectivity index (χ3v) is 8.65. The molecule has 14 heteroatoms. The molecule has 1 aromatic heterocycles. The van der Waals surface area contributed by atoms with Gasteiger partial charge in [0, 0.05) is 16.3 Å². The SMILES string of the molecule is O=C(NOCC1CC1)c1cc(S(=O)(=O)N(CCO)Cc2ccccn2)c(F)c(F)c1Nc1ccc(I)cc1Cl. The highest BCUT2D eigenvalue weighted by molar-refractivity contribution is 14.1. The zero-order valence-corrected chi connectivity index (χ0v) is 24.1. The molecule has 39 heavy (non-hydrogen) atoms. The molecule has 0 saturated heterocycles. The molecule has 4 rings (SSSR count). The van der Waals surface area contributed by atoms with Crippen molar-refractivity contribution in [3.8, 4) is 0 Å². The molecule has 0 aliphatic heterocycles. The summed E-state index contributed by atoms with van der Waals surface area (Å²) in [6.07, 6.45) is 3.33. The summed E-state index contributed by atoms with van der Waals surface area (Å²) in [6.45, 7) is -1.12. The van der Waals surface area contributed by atoms with Crippen molar-refractivity contribution in [1.29, 1.82) is 0 Å². The van der Waals surface area contributed by atoms with Crippen LogP contribution in [0.25, 0.3) is 0 Å². The number of benzene rings is 2. The molecule has 0 unspecified atom stereocenters. The van der Waals surface area contributed by atoms with Gasteiger partial charge in [-0.3, -0.25) is 14.6 Å². The van der Waals surface area contributed by atoms with Gasteiger partial charge in [-0.25, -0.2) is 22.7 Å². The monoisotopic (exact) mass is 692 g/mol. The fourth-order valence-electron chi connectivity index (χ4n) is 3.59. The van der Waals surface area contributed by atoms with Crippen molar-refractivity contribution >= 4 is 61.5 Å². The topological polar surface area (TPSA) is 121 Å². The van der Waals surface area contributed by atoms with Gasteiger partial charge in [-0.2, -0.15) is 4.31 Å². The molecule has 9 nitrogen and oxygen atoms in total. The van der Waals surface area contributed by atoms with E-state index in [9.17, 15) is 18.3 Å². The maximum absolute atomic E-state index is 15.6. The zero-order valence-electron chi connectivity index (χ0n) is 20.3. The highest BCUT2D eigenvalue weighted by Crippen LogP contribution is 2.35. The van der Waals surface area contributed by atoms with Crippen LogP contribution in [0.4, 0.5) is 20.2 Å². The normalized spacial score (nSPS) is 13.5. The lowest BCUT2D eigenvalue weighted by atomic mass is 10.1. The van der Waals surface area contributed by atoms with E-state index in [2.05, 4.69) is 15.8 Å².